The van der Waals surface area contributed by atoms with E-state index in [9.17, 15) is 8.78 Å². The highest BCUT2D eigenvalue weighted by molar-refractivity contribution is 6.30. The summed E-state index contributed by atoms with van der Waals surface area (Å²) in [5.74, 6) is -0.278. The van der Waals surface area contributed by atoms with E-state index >= 15 is 0 Å². The van der Waals surface area contributed by atoms with Gasteiger partial charge in [0.05, 0.1) is 12.8 Å². The van der Waals surface area contributed by atoms with Crippen LogP contribution in [0.2, 0.25) is 5.02 Å². The lowest BCUT2D eigenvalue weighted by Crippen LogP contribution is -2.02. The summed E-state index contributed by atoms with van der Waals surface area (Å²) in [4.78, 5) is 0. The van der Waals surface area contributed by atoms with Crippen LogP contribution in [-0.4, -0.2) is 7.11 Å². The van der Waals surface area contributed by atoms with Crippen LogP contribution in [0.4, 0.5) is 14.5 Å². The van der Waals surface area contributed by atoms with E-state index in [0.717, 1.165) is 0 Å². The highest BCUT2D eigenvalue weighted by Gasteiger charge is 2.05. The van der Waals surface area contributed by atoms with Crippen LogP contribution >= 0.6 is 11.6 Å². The van der Waals surface area contributed by atoms with Gasteiger partial charge in [0.15, 0.2) is 0 Å². The molecule has 1 N–H and O–H groups in total. The first kappa shape index (κ1) is 13.6. The van der Waals surface area contributed by atoms with E-state index in [2.05, 4.69) is 5.32 Å². The molecule has 0 amide bonds. The molecule has 0 aromatic heterocycles. The zero-order valence-electron chi connectivity index (χ0n) is 10.2. The van der Waals surface area contributed by atoms with E-state index in [0.29, 0.717) is 22.0 Å². The molecule has 0 atom stereocenters. The molecule has 2 aromatic rings. The Morgan fingerprint density at radius 2 is 1.95 bits per heavy atom. The van der Waals surface area contributed by atoms with Gasteiger partial charge >= 0.3 is 0 Å². The van der Waals surface area contributed by atoms with Gasteiger partial charge < -0.3 is 10.1 Å². The highest BCUT2D eigenvalue weighted by atomic mass is 35.5. The minimum Gasteiger partial charge on any atom is -0.497 e. The zero-order chi connectivity index (χ0) is 13.8. The Hall–Kier alpha value is -1.81. The van der Waals surface area contributed by atoms with Gasteiger partial charge in [-0.2, -0.15) is 0 Å². The summed E-state index contributed by atoms with van der Waals surface area (Å²) in [5, 5.41) is 3.19. The maximum atomic E-state index is 13.5. The molecule has 0 aliphatic rings. The van der Waals surface area contributed by atoms with Crippen molar-refractivity contribution in [2.45, 2.75) is 6.54 Å². The molecule has 0 heterocycles. The SMILES string of the molecule is COc1ccc(F)c(NCc2cc(F)cc(Cl)c2)c1. The number of benzene rings is 2. The number of ether oxygens (including phenoxy) is 1. The van der Waals surface area contributed by atoms with Crippen LogP contribution in [0.1, 0.15) is 5.56 Å². The molecule has 0 saturated heterocycles. The Morgan fingerprint density at radius 3 is 2.63 bits per heavy atom. The topological polar surface area (TPSA) is 21.3 Å². The lowest BCUT2D eigenvalue weighted by molar-refractivity contribution is 0.414. The molecule has 0 radical (unpaired) electrons. The lowest BCUT2D eigenvalue weighted by Gasteiger charge is -2.10. The van der Waals surface area contributed by atoms with Crippen LogP contribution in [0, 0.1) is 11.6 Å². The quantitative estimate of drug-likeness (QED) is 0.906. The summed E-state index contributed by atoms with van der Waals surface area (Å²) < 4.78 is 31.7. The van der Waals surface area contributed by atoms with E-state index in [4.69, 9.17) is 16.3 Å². The van der Waals surface area contributed by atoms with Crippen LogP contribution in [0.25, 0.3) is 0 Å². The highest BCUT2D eigenvalue weighted by Crippen LogP contribution is 2.22. The third-order valence-electron chi connectivity index (χ3n) is 2.58. The number of rotatable bonds is 4. The van der Waals surface area contributed by atoms with Crippen molar-refractivity contribution < 1.29 is 13.5 Å². The molecule has 0 aliphatic heterocycles. The number of halogens is 3. The molecule has 0 aliphatic carbocycles. The second-order valence-corrected chi connectivity index (χ2v) is 4.41. The maximum Gasteiger partial charge on any atom is 0.146 e. The van der Waals surface area contributed by atoms with Crippen molar-refractivity contribution in [2.75, 3.05) is 12.4 Å². The first-order valence-electron chi connectivity index (χ1n) is 5.61. The zero-order valence-corrected chi connectivity index (χ0v) is 11.0. The first-order chi connectivity index (χ1) is 9.08. The summed E-state index contributed by atoms with van der Waals surface area (Å²) >= 11 is 5.75. The van der Waals surface area contributed by atoms with E-state index < -0.39 is 11.6 Å². The summed E-state index contributed by atoms with van der Waals surface area (Å²) in [7, 11) is 1.50. The van der Waals surface area contributed by atoms with Crippen LogP contribution in [-0.2, 0) is 6.54 Å². The van der Waals surface area contributed by atoms with E-state index in [-0.39, 0.29) is 6.54 Å². The molecule has 2 rings (SSSR count). The predicted molar refractivity (Wildman–Crippen MR) is 71.7 cm³/mol. The summed E-state index contributed by atoms with van der Waals surface area (Å²) in [5.41, 5.74) is 0.923. The average Bonchev–Trinajstić information content (AvgIpc) is 2.37. The number of anilines is 1. The molecule has 0 saturated carbocycles. The summed E-state index contributed by atoms with van der Waals surface area (Å²) in [6, 6.07) is 8.55. The fourth-order valence-electron chi connectivity index (χ4n) is 1.68. The minimum absolute atomic E-state index is 0.265. The number of nitrogens with one attached hydrogen (secondary N) is 1. The van der Waals surface area contributed by atoms with Crippen molar-refractivity contribution in [3.05, 3.63) is 58.6 Å². The van der Waals surface area contributed by atoms with Gasteiger partial charge in [0.25, 0.3) is 0 Å². The van der Waals surface area contributed by atoms with Crippen LogP contribution in [0.15, 0.2) is 36.4 Å². The monoisotopic (exact) mass is 283 g/mol. The van der Waals surface area contributed by atoms with E-state index in [1.165, 1.54) is 37.4 Å². The van der Waals surface area contributed by atoms with Gasteiger partial charge in [-0.25, -0.2) is 8.78 Å². The average molecular weight is 284 g/mol. The van der Waals surface area contributed by atoms with Crippen LogP contribution in [0.5, 0.6) is 5.75 Å². The van der Waals surface area contributed by atoms with Crippen molar-refractivity contribution in [1.82, 2.24) is 0 Å². The Balaban J connectivity index is 2.13. The Labute approximate surface area is 115 Å². The summed E-state index contributed by atoms with van der Waals surface area (Å²) in [6.45, 7) is 0.265. The molecule has 0 unspecified atom stereocenters. The molecule has 2 nitrogen and oxygen atoms in total. The van der Waals surface area contributed by atoms with Gasteiger partial charge in [-0.15, -0.1) is 0 Å². The van der Waals surface area contributed by atoms with Gasteiger partial charge in [-0.3, -0.25) is 0 Å². The van der Waals surface area contributed by atoms with E-state index in [1.54, 1.807) is 6.07 Å². The second kappa shape index (κ2) is 5.89. The molecule has 0 bridgehead atoms. The molecule has 5 heteroatoms. The molecule has 2 aromatic carbocycles. The van der Waals surface area contributed by atoms with Gasteiger partial charge in [0, 0.05) is 17.6 Å². The lowest BCUT2D eigenvalue weighted by atomic mass is 10.2. The predicted octanol–water partition coefficient (Wildman–Crippen LogP) is 4.24. The van der Waals surface area contributed by atoms with Crippen molar-refractivity contribution in [3.63, 3.8) is 0 Å². The maximum absolute atomic E-state index is 13.5. The standard InChI is InChI=1S/C14H12ClF2NO/c1-19-12-2-3-13(17)14(7-12)18-8-9-4-10(15)6-11(16)5-9/h2-7,18H,8H2,1H3. The molecule has 19 heavy (non-hydrogen) atoms. The largest absolute Gasteiger partial charge is 0.497 e. The smallest absolute Gasteiger partial charge is 0.146 e. The second-order valence-electron chi connectivity index (χ2n) is 3.98. The number of methoxy groups -OCH3 is 1. The number of hydrogen-bond donors (Lipinski definition) is 1. The van der Waals surface area contributed by atoms with Crippen LogP contribution < -0.4 is 10.1 Å². The van der Waals surface area contributed by atoms with E-state index in [1.807, 2.05) is 0 Å². The first-order valence-corrected chi connectivity index (χ1v) is 5.98. The normalized spacial score (nSPS) is 10.3. The van der Waals surface area contributed by atoms with Crippen molar-refractivity contribution in [2.24, 2.45) is 0 Å². The Bertz CT molecular complexity index is 569. The number of hydrogen-bond acceptors (Lipinski definition) is 2. The van der Waals surface area contributed by atoms with Gasteiger partial charge in [0.2, 0.25) is 0 Å². The molecule has 0 fully saturated rings. The van der Waals surface area contributed by atoms with Gasteiger partial charge in [-0.1, -0.05) is 11.6 Å². The van der Waals surface area contributed by atoms with Crippen LogP contribution in [0.3, 0.4) is 0 Å². The fraction of sp³-hybridized carbons (Fsp3) is 0.143. The Kier molecular flexibility index (Phi) is 4.22. The third kappa shape index (κ3) is 3.58. The van der Waals surface area contributed by atoms with Crippen molar-refractivity contribution in [1.29, 1.82) is 0 Å². The third-order valence-corrected chi connectivity index (χ3v) is 2.80. The van der Waals surface area contributed by atoms with Crippen molar-refractivity contribution >= 4 is 17.3 Å². The fourth-order valence-corrected chi connectivity index (χ4v) is 1.92. The molecule has 100 valence electrons. The van der Waals surface area contributed by atoms with Gasteiger partial charge in [-0.05, 0) is 35.9 Å². The molecule has 0 spiro atoms. The minimum atomic E-state index is -0.421. The summed E-state index contributed by atoms with van der Waals surface area (Å²) in [6.07, 6.45) is 0. The Morgan fingerprint density at radius 1 is 1.16 bits per heavy atom. The molecular weight excluding hydrogens is 272 g/mol. The van der Waals surface area contributed by atoms with Gasteiger partial charge in [0.1, 0.15) is 17.4 Å². The molecular formula is C14H12ClF2NO. The van der Waals surface area contributed by atoms with Crippen molar-refractivity contribution in [3.8, 4) is 5.75 Å².